The number of carbonyl (C=O) groups is 1. The zero-order chi connectivity index (χ0) is 10.7. The predicted octanol–water partition coefficient (Wildman–Crippen LogP) is 1.45. The molecule has 4 N–H and O–H groups in total. The predicted molar refractivity (Wildman–Crippen MR) is 54.3 cm³/mol. The molecule has 1 aromatic rings. The number of rotatable bonds is 3. The molecule has 1 unspecified atom stereocenters. The van der Waals surface area contributed by atoms with Crippen LogP contribution in [-0.2, 0) is 4.79 Å². The molecule has 0 heterocycles. The second-order valence-corrected chi connectivity index (χ2v) is 2.86. The van der Waals surface area contributed by atoms with Crippen molar-refractivity contribution in [2.24, 2.45) is 5.73 Å². The van der Waals surface area contributed by atoms with Gasteiger partial charge in [-0.2, -0.15) is 0 Å². The first-order valence-corrected chi connectivity index (χ1v) is 3.93. The Bertz CT molecular complexity index is 326. The van der Waals surface area contributed by atoms with Gasteiger partial charge < -0.3 is 15.9 Å². The molecule has 4 nitrogen and oxygen atoms in total. The number of aromatic hydroxyl groups is 1. The number of carboxylic acid groups (broad SMARTS) is 1. The fourth-order valence-electron chi connectivity index (χ4n) is 0.991. The monoisotopic (exact) mass is 215 g/mol. The van der Waals surface area contributed by atoms with E-state index in [1.54, 1.807) is 0 Å². The summed E-state index contributed by atoms with van der Waals surface area (Å²) in [7, 11) is 0. The number of hydrogen-bond acceptors (Lipinski definition) is 3. The lowest BCUT2D eigenvalue weighted by Crippen LogP contribution is -2.34. The van der Waals surface area contributed by atoms with Crippen LogP contribution in [0.3, 0.4) is 0 Å². The van der Waals surface area contributed by atoms with E-state index in [1.165, 1.54) is 24.3 Å². The average molecular weight is 215 g/mol. The van der Waals surface area contributed by atoms with Crippen LogP contribution in [0.15, 0.2) is 24.3 Å². The number of hydrogen-bond donors (Lipinski definition) is 3. The van der Waals surface area contributed by atoms with Crippen LogP contribution in [0.5, 0.6) is 5.75 Å². The second-order valence-electron chi connectivity index (χ2n) is 2.86. The largest absolute Gasteiger partial charge is 0.508 e. The minimum Gasteiger partial charge on any atom is -0.508 e. The minimum absolute atomic E-state index is 0. The molecule has 0 amide bonds. The van der Waals surface area contributed by atoms with Gasteiger partial charge in [-0.1, -0.05) is 19.6 Å². The Hall–Kier alpha value is -1.62. The Balaban J connectivity index is 0.00000196. The van der Waals surface area contributed by atoms with E-state index in [9.17, 15) is 9.18 Å². The van der Waals surface area contributed by atoms with Gasteiger partial charge in [-0.15, -0.1) is 0 Å². The Morgan fingerprint density at radius 2 is 1.80 bits per heavy atom. The fourth-order valence-corrected chi connectivity index (χ4v) is 0.991. The maximum absolute atomic E-state index is 13.3. The highest BCUT2D eigenvalue weighted by Crippen LogP contribution is 2.22. The highest BCUT2D eigenvalue weighted by molar-refractivity contribution is 5.74. The molecular weight excluding hydrogens is 201 g/mol. The Labute approximate surface area is 87.2 Å². The Morgan fingerprint density at radius 1 is 1.33 bits per heavy atom. The molecule has 5 heteroatoms. The molecule has 0 aliphatic rings. The first-order chi connectivity index (χ1) is 6.52. The van der Waals surface area contributed by atoms with Gasteiger partial charge in [0.05, 0.1) is 0 Å². The quantitative estimate of drug-likeness (QED) is 0.712. The van der Waals surface area contributed by atoms with Gasteiger partial charge in [0.1, 0.15) is 11.8 Å². The zero-order valence-corrected chi connectivity index (χ0v) is 7.22. The third kappa shape index (κ3) is 3.21. The first-order valence-electron chi connectivity index (χ1n) is 3.93. The van der Waals surface area contributed by atoms with Crippen LogP contribution in [0.2, 0.25) is 0 Å². The molecular formula is C10H14FNO3. The van der Waals surface area contributed by atoms with Crippen molar-refractivity contribution in [1.82, 2.24) is 0 Å². The maximum Gasteiger partial charge on any atom is 0.323 e. The summed E-state index contributed by atoms with van der Waals surface area (Å²) in [5.74, 6) is -1.41. The van der Waals surface area contributed by atoms with Crippen molar-refractivity contribution in [2.75, 3.05) is 0 Å². The molecule has 15 heavy (non-hydrogen) atoms. The molecule has 0 aliphatic heterocycles. The lowest BCUT2D eigenvalue weighted by Gasteiger charge is -2.12. The summed E-state index contributed by atoms with van der Waals surface area (Å²) in [6.07, 6.45) is -1.77. The van der Waals surface area contributed by atoms with E-state index in [0.29, 0.717) is 0 Å². The maximum atomic E-state index is 13.3. The molecule has 0 bridgehead atoms. The number of phenolic OH excluding ortho intramolecular Hbond substituents is 1. The Morgan fingerprint density at radius 3 is 2.20 bits per heavy atom. The van der Waals surface area contributed by atoms with Crippen molar-refractivity contribution in [1.29, 1.82) is 0 Å². The smallest absolute Gasteiger partial charge is 0.323 e. The normalized spacial score (nSPS) is 13.7. The van der Waals surface area contributed by atoms with Crippen molar-refractivity contribution < 1.29 is 19.4 Å². The van der Waals surface area contributed by atoms with Crippen LogP contribution in [-0.4, -0.2) is 22.2 Å². The van der Waals surface area contributed by atoms with E-state index in [0.717, 1.165) is 0 Å². The van der Waals surface area contributed by atoms with Gasteiger partial charge in [-0.3, -0.25) is 4.79 Å². The average Bonchev–Trinajstić information content (AvgIpc) is 2.16. The summed E-state index contributed by atoms with van der Waals surface area (Å²) in [5, 5.41) is 17.4. The summed E-state index contributed by atoms with van der Waals surface area (Å²) >= 11 is 0. The number of aliphatic carboxylic acids is 1. The molecule has 0 spiro atoms. The zero-order valence-electron chi connectivity index (χ0n) is 7.22. The summed E-state index contributed by atoms with van der Waals surface area (Å²) in [4.78, 5) is 10.4. The third-order valence-electron chi connectivity index (χ3n) is 1.81. The van der Waals surface area contributed by atoms with Crippen molar-refractivity contribution in [3.8, 4) is 5.75 Å². The molecule has 0 fully saturated rings. The van der Waals surface area contributed by atoms with Crippen molar-refractivity contribution in [2.45, 2.75) is 19.6 Å². The highest BCUT2D eigenvalue weighted by Gasteiger charge is 2.25. The molecule has 1 aromatic carbocycles. The SMILES string of the molecule is C.N[C@H](C(=O)O)C(F)c1ccc(O)cc1. The van der Waals surface area contributed by atoms with E-state index in [4.69, 9.17) is 15.9 Å². The number of carboxylic acids is 1. The summed E-state index contributed by atoms with van der Waals surface area (Å²) in [6, 6.07) is 3.55. The van der Waals surface area contributed by atoms with Crippen molar-refractivity contribution in [3.05, 3.63) is 29.8 Å². The van der Waals surface area contributed by atoms with Crippen LogP contribution < -0.4 is 5.73 Å². The van der Waals surface area contributed by atoms with Crippen molar-refractivity contribution >= 4 is 5.97 Å². The van der Waals surface area contributed by atoms with Crippen molar-refractivity contribution in [3.63, 3.8) is 0 Å². The standard InChI is InChI=1S/C9H10FNO3.CH4/c10-7(8(11)9(13)14)5-1-3-6(12)4-2-5;/h1-4,7-8,12H,11H2,(H,13,14);1H4/t7?,8-;/m0./s1. The summed E-state index contributed by atoms with van der Waals surface area (Å²) < 4.78 is 13.3. The highest BCUT2D eigenvalue weighted by atomic mass is 19.1. The third-order valence-corrected chi connectivity index (χ3v) is 1.81. The van der Waals surface area contributed by atoms with E-state index < -0.39 is 18.2 Å². The van der Waals surface area contributed by atoms with Crippen LogP contribution in [0.1, 0.15) is 19.2 Å². The lowest BCUT2D eigenvalue weighted by molar-refractivity contribution is -0.140. The van der Waals surface area contributed by atoms with E-state index in [1.807, 2.05) is 0 Å². The van der Waals surface area contributed by atoms with Gasteiger partial charge in [0.25, 0.3) is 0 Å². The number of alkyl halides is 1. The number of phenols is 1. The van der Waals surface area contributed by atoms with Gasteiger partial charge in [0.15, 0.2) is 6.17 Å². The molecule has 0 aliphatic carbocycles. The molecule has 2 atom stereocenters. The molecule has 0 saturated carbocycles. The molecule has 0 saturated heterocycles. The van der Waals surface area contributed by atoms with Gasteiger partial charge in [0, 0.05) is 0 Å². The first kappa shape index (κ1) is 13.4. The van der Waals surface area contributed by atoms with Gasteiger partial charge >= 0.3 is 5.97 Å². The van der Waals surface area contributed by atoms with Crippen LogP contribution in [0.4, 0.5) is 4.39 Å². The molecule has 0 radical (unpaired) electrons. The van der Waals surface area contributed by atoms with E-state index >= 15 is 0 Å². The van der Waals surface area contributed by atoms with Gasteiger partial charge in [0.2, 0.25) is 0 Å². The van der Waals surface area contributed by atoms with E-state index in [-0.39, 0.29) is 18.7 Å². The summed E-state index contributed by atoms with van der Waals surface area (Å²) in [5.41, 5.74) is 5.23. The molecule has 1 rings (SSSR count). The van der Waals surface area contributed by atoms with Crippen LogP contribution >= 0.6 is 0 Å². The number of nitrogens with two attached hydrogens (primary N) is 1. The second kappa shape index (κ2) is 5.31. The minimum atomic E-state index is -1.77. The van der Waals surface area contributed by atoms with Crippen LogP contribution in [0.25, 0.3) is 0 Å². The number of halogens is 1. The molecule has 84 valence electrons. The lowest BCUT2D eigenvalue weighted by atomic mass is 10.0. The van der Waals surface area contributed by atoms with E-state index in [2.05, 4.69) is 0 Å². The Kier molecular flexibility index (Phi) is 4.73. The molecule has 0 aromatic heterocycles. The topological polar surface area (TPSA) is 83.6 Å². The number of benzene rings is 1. The van der Waals surface area contributed by atoms with Crippen LogP contribution in [0, 0.1) is 0 Å². The fraction of sp³-hybridized carbons (Fsp3) is 0.300. The summed E-state index contributed by atoms with van der Waals surface area (Å²) in [6.45, 7) is 0. The van der Waals surface area contributed by atoms with Gasteiger partial charge in [-0.25, -0.2) is 4.39 Å². The van der Waals surface area contributed by atoms with Gasteiger partial charge in [-0.05, 0) is 17.7 Å².